The second kappa shape index (κ2) is 9.38. The molecule has 2 rings (SSSR count). The van der Waals surface area contributed by atoms with Crippen LogP contribution in [0.2, 0.25) is 0 Å². The van der Waals surface area contributed by atoms with Gasteiger partial charge in [0.15, 0.2) is 0 Å². The van der Waals surface area contributed by atoms with Gasteiger partial charge in [-0.1, -0.05) is 18.2 Å². The van der Waals surface area contributed by atoms with Crippen LogP contribution in [0.25, 0.3) is 0 Å². The van der Waals surface area contributed by atoms with Crippen LogP contribution >= 0.6 is 0 Å². The van der Waals surface area contributed by atoms with Crippen LogP contribution in [0.15, 0.2) is 48.5 Å². The van der Waals surface area contributed by atoms with Crippen molar-refractivity contribution < 1.29 is 31.1 Å². The second-order valence-corrected chi connectivity index (χ2v) is 8.82. The molecule has 30 heavy (non-hydrogen) atoms. The van der Waals surface area contributed by atoms with Crippen molar-refractivity contribution in [3.05, 3.63) is 59.7 Å². The third-order valence-electron chi connectivity index (χ3n) is 3.91. The maximum absolute atomic E-state index is 13.0. The molecule has 2 aromatic rings. The van der Waals surface area contributed by atoms with Crippen molar-refractivity contribution >= 4 is 21.6 Å². The zero-order valence-electron chi connectivity index (χ0n) is 16.7. The Bertz CT molecular complexity index is 992. The van der Waals surface area contributed by atoms with Gasteiger partial charge in [-0.25, -0.2) is 8.42 Å². The number of benzene rings is 2. The second-order valence-electron chi connectivity index (χ2n) is 6.91. The maximum atomic E-state index is 13.0. The highest BCUT2D eigenvalue weighted by atomic mass is 32.2. The highest BCUT2D eigenvalue weighted by molar-refractivity contribution is 7.92. The summed E-state index contributed by atoms with van der Waals surface area (Å²) in [4.78, 5) is 12.3. The Labute approximate surface area is 173 Å². The number of nitrogens with zero attached hydrogens (tertiary/aromatic N) is 1. The van der Waals surface area contributed by atoms with Gasteiger partial charge in [0.05, 0.1) is 23.6 Å². The predicted molar refractivity (Wildman–Crippen MR) is 108 cm³/mol. The predicted octanol–water partition coefficient (Wildman–Crippen LogP) is 3.58. The van der Waals surface area contributed by atoms with Gasteiger partial charge in [0.1, 0.15) is 12.3 Å². The summed E-state index contributed by atoms with van der Waals surface area (Å²) in [6, 6.07) is 10.8. The summed E-state index contributed by atoms with van der Waals surface area (Å²) >= 11 is 0. The van der Waals surface area contributed by atoms with Crippen molar-refractivity contribution in [3.63, 3.8) is 0 Å². The third kappa shape index (κ3) is 6.94. The molecule has 6 nitrogen and oxygen atoms in total. The zero-order valence-corrected chi connectivity index (χ0v) is 17.5. The first-order valence-corrected chi connectivity index (χ1v) is 10.9. The van der Waals surface area contributed by atoms with E-state index in [1.165, 1.54) is 6.07 Å². The van der Waals surface area contributed by atoms with Gasteiger partial charge < -0.3 is 10.1 Å². The number of rotatable bonds is 8. The van der Waals surface area contributed by atoms with E-state index >= 15 is 0 Å². The molecule has 2 aromatic carbocycles. The van der Waals surface area contributed by atoms with E-state index in [-0.39, 0.29) is 18.3 Å². The van der Waals surface area contributed by atoms with Crippen LogP contribution < -0.4 is 14.4 Å². The van der Waals surface area contributed by atoms with Crippen LogP contribution in [0.5, 0.6) is 5.75 Å². The van der Waals surface area contributed by atoms with E-state index in [1.54, 1.807) is 24.3 Å². The fourth-order valence-corrected chi connectivity index (χ4v) is 3.47. The molecule has 0 aliphatic carbocycles. The normalized spacial score (nSPS) is 12.0. The number of nitrogens with one attached hydrogen (secondary N) is 1. The topological polar surface area (TPSA) is 75.7 Å². The lowest BCUT2D eigenvalue weighted by Crippen LogP contribution is -2.40. The Morgan fingerprint density at radius 1 is 1.13 bits per heavy atom. The molecule has 0 spiro atoms. The van der Waals surface area contributed by atoms with Crippen LogP contribution in [0.4, 0.5) is 18.9 Å². The maximum Gasteiger partial charge on any atom is 0.416 e. The smallest absolute Gasteiger partial charge is 0.416 e. The number of hydrogen-bond donors (Lipinski definition) is 1. The number of carbonyl (C=O) groups excluding carboxylic acids is 1. The van der Waals surface area contributed by atoms with E-state index in [1.807, 2.05) is 13.8 Å². The number of ether oxygens (including phenoxy) is 1. The van der Waals surface area contributed by atoms with Gasteiger partial charge in [0, 0.05) is 6.54 Å². The minimum atomic E-state index is -4.63. The lowest BCUT2D eigenvalue weighted by Gasteiger charge is -2.23. The third-order valence-corrected chi connectivity index (χ3v) is 5.05. The average molecular weight is 444 g/mol. The summed E-state index contributed by atoms with van der Waals surface area (Å²) in [6.07, 6.45) is -3.83. The number of halogens is 3. The molecule has 0 aliphatic heterocycles. The van der Waals surface area contributed by atoms with Gasteiger partial charge in [0.25, 0.3) is 0 Å². The van der Waals surface area contributed by atoms with Gasteiger partial charge in [-0.3, -0.25) is 9.10 Å². The van der Waals surface area contributed by atoms with Crippen LogP contribution in [-0.4, -0.2) is 33.2 Å². The molecule has 0 unspecified atom stereocenters. The molecule has 164 valence electrons. The molecule has 1 N–H and O–H groups in total. The Hall–Kier alpha value is -2.75. The number of anilines is 1. The highest BCUT2D eigenvalue weighted by Gasteiger charge is 2.32. The van der Waals surface area contributed by atoms with Crippen LogP contribution in [0, 0.1) is 0 Å². The summed E-state index contributed by atoms with van der Waals surface area (Å²) in [5.74, 6) is -0.0357. The number of sulfonamides is 1. The van der Waals surface area contributed by atoms with Crippen LogP contribution in [0.1, 0.15) is 25.0 Å². The van der Waals surface area contributed by atoms with Gasteiger partial charge in [-0.2, -0.15) is 13.2 Å². The van der Waals surface area contributed by atoms with Crippen LogP contribution in [0.3, 0.4) is 0 Å². The van der Waals surface area contributed by atoms with Crippen molar-refractivity contribution in [3.8, 4) is 5.75 Å². The number of alkyl halides is 3. The molecule has 0 heterocycles. The standard InChI is InChI=1S/C20H23F3N2O4S/c1-14(2)29-18-9-4-6-15(10-18)12-24-19(26)13-25(30(3,27)28)17-8-5-7-16(11-17)20(21,22)23/h4-11,14H,12-13H2,1-3H3,(H,24,26). The minimum absolute atomic E-state index is 0.0226. The van der Waals surface area contributed by atoms with Gasteiger partial charge in [-0.05, 0) is 49.7 Å². The Morgan fingerprint density at radius 2 is 1.80 bits per heavy atom. The fourth-order valence-electron chi connectivity index (χ4n) is 2.63. The van der Waals surface area contributed by atoms with Gasteiger partial charge in [0.2, 0.25) is 15.9 Å². The van der Waals surface area contributed by atoms with Gasteiger partial charge >= 0.3 is 6.18 Å². The van der Waals surface area contributed by atoms with Crippen molar-refractivity contribution in [1.29, 1.82) is 0 Å². The SMILES string of the molecule is CC(C)Oc1cccc(CNC(=O)CN(c2cccc(C(F)(F)F)c2)S(C)(=O)=O)c1. The number of carbonyl (C=O) groups is 1. The number of hydrogen-bond acceptors (Lipinski definition) is 4. The average Bonchev–Trinajstić information content (AvgIpc) is 2.63. The molecule has 0 atom stereocenters. The van der Waals surface area contributed by atoms with Crippen LogP contribution in [-0.2, 0) is 27.5 Å². The Kier molecular flexibility index (Phi) is 7.35. The van der Waals surface area contributed by atoms with E-state index < -0.39 is 34.2 Å². The lowest BCUT2D eigenvalue weighted by molar-refractivity contribution is -0.137. The summed E-state index contributed by atoms with van der Waals surface area (Å²) in [5.41, 5.74) is -0.516. The first kappa shape index (κ1) is 23.5. The Morgan fingerprint density at radius 3 is 2.40 bits per heavy atom. The summed E-state index contributed by atoms with van der Waals surface area (Å²) in [5, 5.41) is 2.57. The fraction of sp³-hybridized carbons (Fsp3) is 0.350. The Balaban J connectivity index is 2.12. The van der Waals surface area contributed by atoms with Crippen molar-refractivity contribution in [2.24, 2.45) is 0 Å². The molecule has 0 bridgehead atoms. The summed E-state index contributed by atoms with van der Waals surface area (Å²) < 4.78 is 69.3. The molecule has 0 radical (unpaired) electrons. The van der Waals surface area contributed by atoms with Crippen molar-refractivity contribution in [1.82, 2.24) is 5.32 Å². The molecular weight excluding hydrogens is 421 g/mol. The van der Waals surface area contributed by atoms with Gasteiger partial charge in [-0.15, -0.1) is 0 Å². The molecule has 0 saturated carbocycles. The quantitative estimate of drug-likeness (QED) is 0.676. The monoisotopic (exact) mass is 444 g/mol. The van der Waals surface area contributed by atoms with E-state index in [0.717, 1.165) is 24.0 Å². The molecular formula is C20H23F3N2O4S. The molecule has 0 aromatic heterocycles. The summed E-state index contributed by atoms with van der Waals surface area (Å²) in [6.45, 7) is 3.21. The lowest BCUT2D eigenvalue weighted by atomic mass is 10.2. The first-order chi connectivity index (χ1) is 13.9. The molecule has 10 heteroatoms. The molecule has 1 amide bonds. The largest absolute Gasteiger partial charge is 0.491 e. The minimum Gasteiger partial charge on any atom is -0.491 e. The molecule has 0 aliphatic rings. The van der Waals surface area contributed by atoms with Crippen molar-refractivity contribution in [2.75, 3.05) is 17.1 Å². The first-order valence-electron chi connectivity index (χ1n) is 9.03. The van der Waals surface area contributed by atoms with Crippen molar-refractivity contribution in [2.45, 2.75) is 32.7 Å². The van der Waals surface area contributed by atoms with E-state index in [2.05, 4.69) is 5.32 Å². The van der Waals surface area contributed by atoms with E-state index in [9.17, 15) is 26.4 Å². The van der Waals surface area contributed by atoms with E-state index in [0.29, 0.717) is 16.1 Å². The summed E-state index contributed by atoms with van der Waals surface area (Å²) in [7, 11) is -3.99. The number of amides is 1. The highest BCUT2D eigenvalue weighted by Crippen LogP contribution is 2.32. The zero-order chi connectivity index (χ0) is 22.5. The van der Waals surface area contributed by atoms with E-state index in [4.69, 9.17) is 4.74 Å². The molecule has 0 saturated heterocycles. The molecule has 0 fully saturated rings.